The van der Waals surface area contributed by atoms with Gasteiger partial charge in [0.25, 0.3) is 0 Å². The molecule has 1 N–H and O–H groups in total. The largest absolute Gasteiger partial charge is 0.489 e. The number of carboxylic acid groups (broad SMARTS) is 1. The zero-order valence-corrected chi connectivity index (χ0v) is 11.8. The molecule has 3 rings (SSSR count). The average Bonchev–Trinajstić information content (AvgIpc) is 3.21. The van der Waals surface area contributed by atoms with Gasteiger partial charge < -0.3 is 14.7 Å². The van der Waals surface area contributed by atoms with Gasteiger partial charge in [-0.2, -0.15) is 0 Å². The van der Waals surface area contributed by atoms with Crippen LogP contribution in [0.4, 0.5) is 0 Å². The summed E-state index contributed by atoms with van der Waals surface area (Å²) in [7, 11) is 2.10. The monoisotopic (exact) mass is 275 g/mol. The summed E-state index contributed by atoms with van der Waals surface area (Å²) in [6.45, 7) is 2.02. The van der Waals surface area contributed by atoms with Gasteiger partial charge in [0.1, 0.15) is 11.9 Å². The van der Waals surface area contributed by atoms with Crippen LogP contribution in [0, 0.1) is 0 Å². The molecule has 108 valence electrons. The maximum absolute atomic E-state index is 11.5. The van der Waals surface area contributed by atoms with E-state index in [1.165, 1.54) is 0 Å². The first-order valence-corrected chi connectivity index (χ1v) is 7.30. The molecule has 2 fully saturated rings. The van der Waals surface area contributed by atoms with E-state index in [-0.39, 0.29) is 6.10 Å². The SMILES string of the molecule is CN1CCCC(Oc2ccccc2C2(C(=O)O)CC2)C1. The number of hydrogen-bond donors (Lipinski definition) is 1. The third-order valence-electron chi connectivity index (χ3n) is 4.44. The van der Waals surface area contributed by atoms with Crippen LogP contribution in [0.1, 0.15) is 31.2 Å². The fourth-order valence-corrected chi connectivity index (χ4v) is 3.08. The Kier molecular flexibility index (Phi) is 3.42. The second kappa shape index (κ2) is 5.09. The Hall–Kier alpha value is -1.55. The Morgan fingerprint density at radius 2 is 2.15 bits per heavy atom. The highest BCUT2D eigenvalue weighted by Crippen LogP contribution is 2.51. The molecule has 0 amide bonds. The number of nitrogens with zero attached hydrogens (tertiary/aromatic N) is 1. The third kappa shape index (κ3) is 2.40. The van der Waals surface area contributed by atoms with Gasteiger partial charge in [-0.3, -0.25) is 4.79 Å². The highest BCUT2D eigenvalue weighted by atomic mass is 16.5. The highest BCUT2D eigenvalue weighted by Gasteiger charge is 2.53. The maximum atomic E-state index is 11.5. The van der Waals surface area contributed by atoms with E-state index < -0.39 is 11.4 Å². The molecule has 0 aromatic heterocycles. The summed E-state index contributed by atoms with van der Waals surface area (Å²) in [6.07, 6.45) is 3.77. The fraction of sp³-hybridized carbons (Fsp3) is 0.562. The number of para-hydroxylation sites is 1. The first kappa shape index (κ1) is 13.4. The van der Waals surface area contributed by atoms with Crippen molar-refractivity contribution in [2.45, 2.75) is 37.2 Å². The van der Waals surface area contributed by atoms with Gasteiger partial charge in [0.15, 0.2) is 0 Å². The second-order valence-corrected chi connectivity index (χ2v) is 6.03. The molecular weight excluding hydrogens is 254 g/mol. The van der Waals surface area contributed by atoms with Crippen LogP contribution in [-0.4, -0.2) is 42.2 Å². The lowest BCUT2D eigenvalue weighted by atomic mass is 9.95. The van der Waals surface area contributed by atoms with Crippen LogP contribution in [0.15, 0.2) is 24.3 Å². The maximum Gasteiger partial charge on any atom is 0.314 e. The van der Waals surface area contributed by atoms with Crippen LogP contribution in [0.25, 0.3) is 0 Å². The smallest absolute Gasteiger partial charge is 0.314 e. The summed E-state index contributed by atoms with van der Waals surface area (Å²) in [6, 6.07) is 7.64. The zero-order chi connectivity index (χ0) is 14.2. The minimum atomic E-state index is -0.727. The van der Waals surface area contributed by atoms with E-state index in [9.17, 15) is 9.90 Å². The zero-order valence-electron chi connectivity index (χ0n) is 11.8. The predicted octanol–water partition coefficient (Wildman–Crippen LogP) is 2.28. The number of likely N-dealkylation sites (N-methyl/N-ethyl adjacent to an activating group) is 1. The Balaban J connectivity index is 1.82. The van der Waals surface area contributed by atoms with Crippen molar-refractivity contribution in [2.24, 2.45) is 0 Å². The van der Waals surface area contributed by atoms with Crippen LogP contribution in [0.3, 0.4) is 0 Å². The van der Waals surface area contributed by atoms with Crippen molar-refractivity contribution < 1.29 is 14.6 Å². The molecule has 1 heterocycles. The summed E-state index contributed by atoms with van der Waals surface area (Å²) in [5.41, 5.74) is 0.151. The number of piperidine rings is 1. The molecule has 2 aliphatic rings. The number of ether oxygens (including phenoxy) is 1. The van der Waals surface area contributed by atoms with Crippen molar-refractivity contribution in [2.75, 3.05) is 20.1 Å². The lowest BCUT2D eigenvalue weighted by molar-refractivity contribution is -0.140. The quantitative estimate of drug-likeness (QED) is 0.916. The van der Waals surface area contributed by atoms with Gasteiger partial charge in [-0.1, -0.05) is 18.2 Å². The van der Waals surface area contributed by atoms with Crippen LogP contribution in [0.5, 0.6) is 5.75 Å². The number of aliphatic carboxylic acids is 1. The summed E-state index contributed by atoms with van der Waals surface area (Å²) >= 11 is 0. The molecule has 0 spiro atoms. The van der Waals surface area contributed by atoms with Crippen molar-refractivity contribution >= 4 is 5.97 Å². The molecule has 20 heavy (non-hydrogen) atoms. The topological polar surface area (TPSA) is 49.8 Å². The standard InChI is InChI=1S/C16H21NO3/c1-17-10-4-5-12(11-17)20-14-7-3-2-6-13(14)16(8-9-16)15(18)19/h2-3,6-7,12H,4-5,8-11H2,1H3,(H,18,19). The molecule has 4 nitrogen and oxygen atoms in total. The average molecular weight is 275 g/mol. The predicted molar refractivity (Wildman–Crippen MR) is 76.1 cm³/mol. The Labute approximate surface area is 119 Å². The van der Waals surface area contributed by atoms with Gasteiger partial charge in [0, 0.05) is 12.1 Å². The molecule has 1 aliphatic heterocycles. The first-order valence-electron chi connectivity index (χ1n) is 7.30. The number of benzene rings is 1. The van der Waals surface area contributed by atoms with Gasteiger partial charge in [0.05, 0.1) is 5.41 Å². The molecular formula is C16H21NO3. The number of carboxylic acids is 1. The van der Waals surface area contributed by atoms with Crippen molar-refractivity contribution in [3.05, 3.63) is 29.8 Å². The lowest BCUT2D eigenvalue weighted by Crippen LogP contribution is -2.39. The van der Waals surface area contributed by atoms with E-state index in [0.717, 1.165) is 37.2 Å². The van der Waals surface area contributed by atoms with E-state index in [2.05, 4.69) is 11.9 Å². The van der Waals surface area contributed by atoms with Crippen molar-refractivity contribution in [3.63, 3.8) is 0 Å². The Morgan fingerprint density at radius 3 is 2.80 bits per heavy atom. The second-order valence-electron chi connectivity index (χ2n) is 6.03. The van der Waals surface area contributed by atoms with Gasteiger partial charge in [-0.25, -0.2) is 0 Å². The third-order valence-corrected chi connectivity index (χ3v) is 4.44. The molecule has 0 radical (unpaired) electrons. The lowest BCUT2D eigenvalue weighted by Gasteiger charge is -2.31. The summed E-state index contributed by atoms with van der Waals surface area (Å²) in [5, 5.41) is 9.47. The normalized spacial score (nSPS) is 25.1. The van der Waals surface area contributed by atoms with Crippen molar-refractivity contribution in [1.29, 1.82) is 0 Å². The molecule has 4 heteroatoms. The Bertz CT molecular complexity index is 510. The minimum Gasteiger partial charge on any atom is -0.489 e. The Morgan fingerprint density at radius 1 is 1.40 bits per heavy atom. The van der Waals surface area contributed by atoms with Crippen molar-refractivity contribution in [1.82, 2.24) is 4.90 Å². The number of likely N-dealkylation sites (tertiary alicyclic amines) is 1. The highest BCUT2D eigenvalue weighted by molar-refractivity contribution is 5.86. The van der Waals surface area contributed by atoms with Crippen LogP contribution >= 0.6 is 0 Å². The van der Waals surface area contributed by atoms with E-state index in [4.69, 9.17) is 4.74 Å². The molecule has 1 aromatic rings. The molecule has 1 atom stereocenters. The van der Waals surface area contributed by atoms with Gasteiger partial charge >= 0.3 is 5.97 Å². The number of carbonyl (C=O) groups is 1. The summed E-state index contributed by atoms with van der Waals surface area (Å²) in [5.74, 6) is 0.0296. The van der Waals surface area contributed by atoms with Crippen molar-refractivity contribution in [3.8, 4) is 5.75 Å². The molecule has 1 saturated heterocycles. The van der Waals surface area contributed by atoms with Crippen LogP contribution < -0.4 is 4.74 Å². The summed E-state index contributed by atoms with van der Waals surface area (Å²) in [4.78, 5) is 13.8. The van der Waals surface area contributed by atoms with Crippen LogP contribution in [-0.2, 0) is 10.2 Å². The van der Waals surface area contributed by atoms with Gasteiger partial charge in [-0.15, -0.1) is 0 Å². The minimum absolute atomic E-state index is 0.166. The van der Waals surface area contributed by atoms with Crippen LogP contribution in [0.2, 0.25) is 0 Å². The number of rotatable bonds is 4. The molecule has 1 saturated carbocycles. The molecule has 1 aromatic carbocycles. The van der Waals surface area contributed by atoms with E-state index >= 15 is 0 Å². The van der Waals surface area contributed by atoms with E-state index in [0.29, 0.717) is 12.8 Å². The van der Waals surface area contributed by atoms with Gasteiger partial charge in [-0.05, 0) is 45.3 Å². The fourth-order valence-electron chi connectivity index (χ4n) is 3.08. The van der Waals surface area contributed by atoms with E-state index in [1.54, 1.807) is 0 Å². The number of hydrogen-bond acceptors (Lipinski definition) is 3. The molecule has 0 bridgehead atoms. The molecule has 1 unspecified atom stereocenters. The van der Waals surface area contributed by atoms with E-state index in [1.807, 2.05) is 24.3 Å². The van der Waals surface area contributed by atoms with Gasteiger partial charge in [0.2, 0.25) is 0 Å². The first-order chi connectivity index (χ1) is 9.62. The summed E-state index contributed by atoms with van der Waals surface area (Å²) < 4.78 is 6.13. The molecule has 1 aliphatic carbocycles.